The molecule has 0 fully saturated rings. The van der Waals surface area contributed by atoms with Crippen LogP contribution in [0.1, 0.15) is 17.2 Å². The van der Waals surface area contributed by atoms with Crippen LogP contribution in [0.4, 0.5) is 8.78 Å². The lowest BCUT2D eigenvalue weighted by molar-refractivity contribution is 0.143. The van der Waals surface area contributed by atoms with Gasteiger partial charge in [-0.15, -0.1) is 12.4 Å². The largest absolute Gasteiger partial charge is 0.391 e. The van der Waals surface area contributed by atoms with E-state index in [2.05, 4.69) is 0 Å². The van der Waals surface area contributed by atoms with Gasteiger partial charge in [0.1, 0.15) is 0 Å². The molecule has 0 amide bonds. The summed E-state index contributed by atoms with van der Waals surface area (Å²) in [6.45, 7) is 0. The van der Waals surface area contributed by atoms with Crippen molar-refractivity contribution in [3.63, 3.8) is 0 Å². The quantitative estimate of drug-likeness (QED) is 0.911. The van der Waals surface area contributed by atoms with Gasteiger partial charge in [0.05, 0.1) is 12.1 Å². The molecule has 0 aliphatic heterocycles. The van der Waals surface area contributed by atoms with Gasteiger partial charge in [-0.1, -0.05) is 42.5 Å². The fraction of sp³-hybridized carbons (Fsp3) is 0.200. The Bertz CT molecular complexity index is 551. The average molecular weight is 300 g/mol. The Morgan fingerprint density at radius 2 is 1.65 bits per heavy atom. The Balaban J connectivity index is 0.00000200. The third kappa shape index (κ3) is 3.76. The van der Waals surface area contributed by atoms with Gasteiger partial charge in [0, 0.05) is 12.0 Å². The molecule has 0 aliphatic rings. The predicted octanol–water partition coefficient (Wildman–Crippen LogP) is 2.99. The molecule has 0 unspecified atom stereocenters. The van der Waals surface area contributed by atoms with Crippen LogP contribution in [0.25, 0.3) is 0 Å². The molecule has 2 atom stereocenters. The summed E-state index contributed by atoms with van der Waals surface area (Å²) < 4.78 is 26.7. The maximum atomic E-state index is 13.6. The normalized spacial score (nSPS) is 13.4. The summed E-state index contributed by atoms with van der Waals surface area (Å²) >= 11 is 0. The zero-order chi connectivity index (χ0) is 13.8. The van der Waals surface area contributed by atoms with Gasteiger partial charge in [0.2, 0.25) is 0 Å². The highest BCUT2D eigenvalue weighted by molar-refractivity contribution is 5.85. The lowest BCUT2D eigenvalue weighted by Crippen LogP contribution is -2.29. The van der Waals surface area contributed by atoms with Crippen LogP contribution >= 0.6 is 12.4 Å². The van der Waals surface area contributed by atoms with E-state index in [1.807, 2.05) is 30.3 Å². The highest BCUT2D eigenvalue weighted by atomic mass is 35.5. The van der Waals surface area contributed by atoms with Crippen molar-refractivity contribution in [2.75, 3.05) is 0 Å². The first kappa shape index (κ1) is 16.6. The Hall–Kier alpha value is -1.49. The molecule has 108 valence electrons. The maximum absolute atomic E-state index is 13.6. The minimum absolute atomic E-state index is 0. The summed E-state index contributed by atoms with van der Waals surface area (Å²) in [5.41, 5.74) is 6.68. The van der Waals surface area contributed by atoms with Crippen molar-refractivity contribution in [3.05, 3.63) is 71.3 Å². The highest BCUT2D eigenvalue weighted by Crippen LogP contribution is 2.22. The second kappa shape index (κ2) is 7.33. The first-order chi connectivity index (χ1) is 9.09. The van der Waals surface area contributed by atoms with Gasteiger partial charge in [0.15, 0.2) is 11.6 Å². The molecule has 0 saturated heterocycles. The van der Waals surface area contributed by atoms with Crippen LogP contribution < -0.4 is 5.73 Å². The van der Waals surface area contributed by atoms with Crippen LogP contribution in [-0.2, 0) is 6.42 Å². The topological polar surface area (TPSA) is 46.2 Å². The van der Waals surface area contributed by atoms with E-state index in [0.717, 1.165) is 11.6 Å². The van der Waals surface area contributed by atoms with E-state index in [0.29, 0.717) is 0 Å². The molecule has 0 spiro atoms. The van der Waals surface area contributed by atoms with Crippen molar-refractivity contribution in [1.29, 1.82) is 0 Å². The zero-order valence-corrected chi connectivity index (χ0v) is 11.5. The lowest BCUT2D eigenvalue weighted by Gasteiger charge is -2.20. The van der Waals surface area contributed by atoms with Crippen LogP contribution in [-0.4, -0.2) is 11.2 Å². The monoisotopic (exact) mass is 299 g/mol. The number of nitrogens with two attached hydrogens (primary N) is 1. The summed E-state index contributed by atoms with van der Waals surface area (Å²) in [6, 6.07) is 12.1. The molecule has 3 N–H and O–H groups in total. The third-order valence-electron chi connectivity index (χ3n) is 3.04. The van der Waals surface area contributed by atoms with E-state index in [9.17, 15) is 13.9 Å². The summed E-state index contributed by atoms with van der Waals surface area (Å²) in [5.74, 6) is -1.96. The van der Waals surface area contributed by atoms with Crippen molar-refractivity contribution in [2.45, 2.75) is 18.6 Å². The van der Waals surface area contributed by atoms with Crippen molar-refractivity contribution < 1.29 is 13.9 Å². The number of hydrogen-bond donors (Lipinski definition) is 2. The number of aliphatic hydroxyl groups is 1. The van der Waals surface area contributed by atoms with Crippen molar-refractivity contribution in [3.8, 4) is 0 Å². The van der Waals surface area contributed by atoms with Crippen LogP contribution in [0.15, 0.2) is 48.5 Å². The molecule has 2 rings (SSSR count). The number of benzene rings is 2. The fourth-order valence-electron chi connectivity index (χ4n) is 1.97. The summed E-state index contributed by atoms with van der Waals surface area (Å²) in [5, 5.41) is 10.0. The van der Waals surface area contributed by atoms with Gasteiger partial charge < -0.3 is 10.8 Å². The first-order valence-electron chi connectivity index (χ1n) is 6.01. The van der Waals surface area contributed by atoms with Gasteiger partial charge in [-0.2, -0.15) is 0 Å². The van der Waals surface area contributed by atoms with Crippen LogP contribution in [0.5, 0.6) is 0 Å². The molecule has 0 saturated carbocycles. The van der Waals surface area contributed by atoms with Crippen LogP contribution in [0.2, 0.25) is 0 Å². The molecule has 0 bridgehead atoms. The molecule has 0 radical (unpaired) electrons. The second-order valence-electron chi connectivity index (χ2n) is 4.43. The maximum Gasteiger partial charge on any atom is 0.163 e. The van der Waals surface area contributed by atoms with Crippen LogP contribution in [0.3, 0.4) is 0 Å². The molecule has 2 aromatic rings. The van der Waals surface area contributed by atoms with E-state index in [-0.39, 0.29) is 24.4 Å². The number of hydrogen-bond acceptors (Lipinski definition) is 2. The molecular weight excluding hydrogens is 284 g/mol. The average Bonchev–Trinajstić information content (AvgIpc) is 2.42. The van der Waals surface area contributed by atoms with Gasteiger partial charge in [-0.25, -0.2) is 8.78 Å². The number of aliphatic hydroxyl groups excluding tert-OH is 1. The van der Waals surface area contributed by atoms with E-state index in [1.165, 1.54) is 12.1 Å². The van der Waals surface area contributed by atoms with Gasteiger partial charge >= 0.3 is 0 Å². The van der Waals surface area contributed by atoms with Gasteiger partial charge in [0.25, 0.3) is 0 Å². The molecule has 0 heterocycles. The zero-order valence-electron chi connectivity index (χ0n) is 10.7. The first-order valence-corrected chi connectivity index (χ1v) is 6.01. The fourth-order valence-corrected chi connectivity index (χ4v) is 1.97. The number of halogens is 3. The lowest BCUT2D eigenvalue weighted by atomic mass is 9.96. The molecule has 2 nitrogen and oxygen atoms in total. The molecular formula is C15H16ClF2NO. The Kier molecular flexibility index (Phi) is 6.07. The van der Waals surface area contributed by atoms with E-state index in [4.69, 9.17) is 5.73 Å². The van der Waals surface area contributed by atoms with E-state index in [1.54, 1.807) is 0 Å². The smallest absolute Gasteiger partial charge is 0.163 e. The summed E-state index contributed by atoms with van der Waals surface area (Å²) in [6.07, 6.45) is -0.684. The number of rotatable bonds is 4. The van der Waals surface area contributed by atoms with Crippen molar-refractivity contribution in [2.24, 2.45) is 5.73 Å². The van der Waals surface area contributed by atoms with Crippen molar-refractivity contribution >= 4 is 12.4 Å². The van der Waals surface area contributed by atoms with E-state index < -0.39 is 23.8 Å². The highest BCUT2D eigenvalue weighted by Gasteiger charge is 2.21. The molecule has 5 heteroatoms. The van der Waals surface area contributed by atoms with Crippen LogP contribution in [0, 0.1) is 11.6 Å². The Morgan fingerprint density at radius 3 is 2.30 bits per heavy atom. The molecule has 0 aromatic heterocycles. The Morgan fingerprint density at radius 1 is 1.00 bits per heavy atom. The van der Waals surface area contributed by atoms with Gasteiger partial charge in [-0.3, -0.25) is 0 Å². The third-order valence-corrected chi connectivity index (χ3v) is 3.04. The van der Waals surface area contributed by atoms with Crippen molar-refractivity contribution in [1.82, 2.24) is 0 Å². The SMILES string of the molecule is Cl.N[C@H](c1cccc(F)c1F)[C@@H](O)Cc1ccccc1. The predicted molar refractivity (Wildman–Crippen MR) is 76.7 cm³/mol. The molecule has 2 aromatic carbocycles. The molecule has 20 heavy (non-hydrogen) atoms. The minimum atomic E-state index is -0.998. The van der Waals surface area contributed by atoms with E-state index >= 15 is 0 Å². The standard InChI is InChI=1S/C15H15F2NO.ClH/c16-12-8-4-7-11(14(12)17)15(18)13(19)9-10-5-2-1-3-6-10;/h1-8,13,15,19H,9,18H2;1H/t13-,15+;/m0./s1. The summed E-state index contributed by atoms with van der Waals surface area (Å²) in [7, 11) is 0. The second-order valence-corrected chi connectivity index (χ2v) is 4.43. The van der Waals surface area contributed by atoms with Gasteiger partial charge in [-0.05, 0) is 11.6 Å². The Labute approximate surface area is 122 Å². The summed E-state index contributed by atoms with van der Waals surface area (Å²) in [4.78, 5) is 0. The molecule has 0 aliphatic carbocycles. The minimum Gasteiger partial charge on any atom is -0.391 e.